The first-order valence-corrected chi connectivity index (χ1v) is 6.82. The van der Waals surface area contributed by atoms with Crippen LogP contribution in [0.25, 0.3) is 11.2 Å². The lowest BCUT2D eigenvalue weighted by atomic mass is 9.86. The van der Waals surface area contributed by atoms with Gasteiger partial charge in [0.05, 0.1) is 5.69 Å². The summed E-state index contributed by atoms with van der Waals surface area (Å²) < 4.78 is 0. The molecule has 1 fully saturated rings. The molecule has 0 radical (unpaired) electrons. The van der Waals surface area contributed by atoms with Crippen LogP contribution in [0.3, 0.4) is 0 Å². The van der Waals surface area contributed by atoms with E-state index in [0.717, 1.165) is 28.6 Å². The fourth-order valence-electron chi connectivity index (χ4n) is 2.88. The Labute approximate surface area is 107 Å². The fourth-order valence-corrected chi connectivity index (χ4v) is 2.88. The van der Waals surface area contributed by atoms with Crippen molar-refractivity contribution in [3.63, 3.8) is 0 Å². The molecule has 4 nitrogen and oxygen atoms in total. The second-order valence-corrected chi connectivity index (χ2v) is 5.39. The Hall–Kier alpha value is -1.58. The van der Waals surface area contributed by atoms with Crippen LogP contribution in [0, 0.1) is 12.8 Å². The molecule has 4 heteroatoms. The van der Waals surface area contributed by atoms with Crippen molar-refractivity contribution in [1.82, 2.24) is 15.0 Å². The minimum Gasteiger partial charge on any atom is -0.380 e. The zero-order valence-electron chi connectivity index (χ0n) is 11.0. The van der Waals surface area contributed by atoms with Crippen LogP contribution in [-0.4, -0.2) is 21.0 Å². The molecular formula is C14H20N4. The van der Waals surface area contributed by atoms with Crippen molar-refractivity contribution in [1.29, 1.82) is 0 Å². The number of nitrogens with zero attached hydrogens (tertiary/aromatic N) is 2. The quantitative estimate of drug-likeness (QED) is 0.852. The van der Waals surface area contributed by atoms with Crippen LogP contribution >= 0.6 is 0 Å². The normalized spacial score (nSPS) is 24.3. The summed E-state index contributed by atoms with van der Waals surface area (Å²) in [6.45, 7) is 4.31. The van der Waals surface area contributed by atoms with Crippen LogP contribution in [0.2, 0.25) is 0 Å². The van der Waals surface area contributed by atoms with Crippen molar-refractivity contribution in [3.8, 4) is 0 Å². The van der Waals surface area contributed by atoms with Crippen LogP contribution in [-0.2, 0) is 0 Å². The molecule has 0 unspecified atom stereocenters. The van der Waals surface area contributed by atoms with E-state index in [-0.39, 0.29) is 0 Å². The Morgan fingerprint density at radius 1 is 1.33 bits per heavy atom. The highest BCUT2D eigenvalue weighted by Crippen LogP contribution is 2.28. The molecular weight excluding hydrogens is 224 g/mol. The van der Waals surface area contributed by atoms with Gasteiger partial charge in [0.2, 0.25) is 0 Å². The van der Waals surface area contributed by atoms with Crippen molar-refractivity contribution in [2.75, 3.05) is 5.32 Å². The third kappa shape index (κ3) is 2.07. The molecule has 2 heterocycles. The lowest BCUT2D eigenvalue weighted by Gasteiger charge is -2.30. The number of rotatable bonds is 2. The number of H-pyrrole nitrogens is 1. The molecule has 2 N–H and O–H groups in total. The molecule has 2 atom stereocenters. The molecule has 1 saturated carbocycles. The first-order chi connectivity index (χ1) is 8.74. The molecule has 0 spiro atoms. The molecule has 2 aromatic heterocycles. The maximum absolute atomic E-state index is 4.38. The molecule has 0 saturated heterocycles. The third-order valence-electron chi connectivity index (χ3n) is 3.96. The summed E-state index contributed by atoms with van der Waals surface area (Å²) in [6.07, 6.45) is 7.12. The number of pyridine rings is 1. The lowest BCUT2D eigenvalue weighted by Crippen LogP contribution is -2.30. The molecule has 3 rings (SSSR count). The number of aromatic nitrogens is 3. The van der Waals surface area contributed by atoms with E-state index in [1.807, 2.05) is 19.2 Å². The number of anilines is 1. The zero-order chi connectivity index (χ0) is 12.5. The molecule has 0 aromatic carbocycles. The largest absolute Gasteiger partial charge is 0.380 e. The van der Waals surface area contributed by atoms with Gasteiger partial charge in [-0.1, -0.05) is 19.8 Å². The van der Waals surface area contributed by atoms with E-state index in [9.17, 15) is 0 Å². The molecule has 1 aliphatic rings. The number of fused-ring (bicyclic) bond motifs is 1. The number of aryl methyl sites for hydroxylation is 1. The van der Waals surface area contributed by atoms with Gasteiger partial charge in [-0.25, -0.2) is 9.97 Å². The second-order valence-electron chi connectivity index (χ2n) is 5.39. The van der Waals surface area contributed by atoms with Crippen molar-refractivity contribution in [3.05, 3.63) is 18.1 Å². The van der Waals surface area contributed by atoms with Gasteiger partial charge in [-0.2, -0.15) is 0 Å². The van der Waals surface area contributed by atoms with Gasteiger partial charge in [0.25, 0.3) is 0 Å². The average molecular weight is 244 g/mol. The summed E-state index contributed by atoms with van der Waals surface area (Å²) in [5.74, 6) is 1.66. The van der Waals surface area contributed by atoms with Crippen LogP contribution in [0.4, 0.5) is 5.69 Å². The second kappa shape index (κ2) is 4.59. The molecule has 0 amide bonds. The highest BCUT2D eigenvalue weighted by Gasteiger charge is 2.21. The van der Waals surface area contributed by atoms with Crippen molar-refractivity contribution in [2.24, 2.45) is 5.92 Å². The van der Waals surface area contributed by atoms with Crippen molar-refractivity contribution < 1.29 is 0 Å². The van der Waals surface area contributed by atoms with Gasteiger partial charge in [-0.15, -0.1) is 0 Å². The number of imidazole rings is 1. The maximum atomic E-state index is 4.38. The summed E-state index contributed by atoms with van der Waals surface area (Å²) in [7, 11) is 0. The Bertz CT molecular complexity index is 546. The standard InChI is InChI=1S/C14H20N4/c1-9-5-3-4-6-11(9)18-12-7-8-15-14-13(12)16-10(2)17-14/h7-9,11H,3-6H2,1-2H3,(H2,15,16,17,18)/t9-,11+/m1/s1. The predicted octanol–water partition coefficient (Wildman–Crippen LogP) is 3.26. The Kier molecular flexibility index (Phi) is 2.94. The van der Waals surface area contributed by atoms with E-state index in [0.29, 0.717) is 6.04 Å². The van der Waals surface area contributed by atoms with Crippen LogP contribution in [0.1, 0.15) is 38.4 Å². The summed E-state index contributed by atoms with van der Waals surface area (Å²) in [5, 5.41) is 3.68. The van der Waals surface area contributed by atoms with E-state index in [2.05, 4.69) is 27.2 Å². The first kappa shape index (κ1) is 11.5. The fraction of sp³-hybridized carbons (Fsp3) is 0.571. The minimum absolute atomic E-state index is 0.577. The van der Waals surface area contributed by atoms with E-state index >= 15 is 0 Å². The topological polar surface area (TPSA) is 53.6 Å². The predicted molar refractivity (Wildman–Crippen MR) is 73.7 cm³/mol. The molecule has 0 aliphatic heterocycles. The van der Waals surface area contributed by atoms with Crippen LogP contribution in [0.5, 0.6) is 0 Å². The summed E-state index contributed by atoms with van der Waals surface area (Å²) in [4.78, 5) is 12.0. The zero-order valence-corrected chi connectivity index (χ0v) is 11.0. The Balaban J connectivity index is 1.89. The number of aromatic amines is 1. The molecule has 18 heavy (non-hydrogen) atoms. The highest BCUT2D eigenvalue weighted by atomic mass is 15.0. The monoisotopic (exact) mass is 244 g/mol. The average Bonchev–Trinajstić information content (AvgIpc) is 2.73. The molecule has 96 valence electrons. The van der Waals surface area contributed by atoms with Gasteiger partial charge in [-0.3, -0.25) is 0 Å². The van der Waals surface area contributed by atoms with Gasteiger partial charge >= 0.3 is 0 Å². The summed E-state index contributed by atoms with van der Waals surface area (Å²) in [5.41, 5.74) is 2.98. The van der Waals surface area contributed by atoms with Gasteiger partial charge in [-0.05, 0) is 31.7 Å². The molecule has 2 aromatic rings. The SMILES string of the molecule is Cc1nc2nccc(N[C@H]3CCCC[C@H]3C)c2[nH]1. The summed E-state index contributed by atoms with van der Waals surface area (Å²) >= 11 is 0. The van der Waals surface area contributed by atoms with E-state index in [4.69, 9.17) is 0 Å². The summed E-state index contributed by atoms with van der Waals surface area (Å²) in [6, 6.07) is 2.62. The number of nitrogens with one attached hydrogen (secondary N) is 2. The Morgan fingerprint density at radius 3 is 3.00 bits per heavy atom. The van der Waals surface area contributed by atoms with Gasteiger partial charge in [0.15, 0.2) is 5.65 Å². The smallest absolute Gasteiger partial charge is 0.179 e. The van der Waals surface area contributed by atoms with Gasteiger partial charge < -0.3 is 10.3 Å². The maximum Gasteiger partial charge on any atom is 0.179 e. The third-order valence-corrected chi connectivity index (χ3v) is 3.96. The molecule has 0 bridgehead atoms. The molecule has 1 aliphatic carbocycles. The van der Waals surface area contributed by atoms with E-state index in [1.54, 1.807) is 0 Å². The van der Waals surface area contributed by atoms with Gasteiger partial charge in [0, 0.05) is 12.2 Å². The lowest BCUT2D eigenvalue weighted by molar-refractivity contribution is 0.350. The Morgan fingerprint density at radius 2 is 2.17 bits per heavy atom. The van der Waals surface area contributed by atoms with Crippen LogP contribution < -0.4 is 5.32 Å². The number of hydrogen-bond donors (Lipinski definition) is 2. The van der Waals surface area contributed by atoms with Crippen molar-refractivity contribution in [2.45, 2.75) is 45.6 Å². The van der Waals surface area contributed by atoms with Gasteiger partial charge in [0.1, 0.15) is 11.3 Å². The first-order valence-electron chi connectivity index (χ1n) is 6.82. The van der Waals surface area contributed by atoms with Crippen LogP contribution in [0.15, 0.2) is 12.3 Å². The van der Waals surface area contributed by atoms with Crippen molar-refractivity contribution >= 4 is 16.9 Å². The highest BCUT2D eigenvalue weighted by molar-refractivity contribution is 5.85. The van der Waals surface area contributed by atoms with E-state index in [1.165, 1.54) is 25.7 Å². The minimum atomic E-state index is 0.577. The number of hydrogen-bond acceptors (Lipinski definition) is 3. The van der Waals surface area contributed by atoms with E-state index < -0.39 is 0 Å².